The Morgan fingerprint density at radius 2 is 2.00 bits per heavy atom. The lowest BCUT2D eigenvalue weighted by Crippen LogP contribution is -2.12. The van der Waals surface area contributed by atoms with Crippen LogP contribution in [0.2, 0.25) is 0 Å². The number of benzene rings is 1. The summed E-state index contributed by atoms with van der Waals surface area (Å²) < 4.78 is 31.6. The van der Waals surface area contributed by atoms with E-state index in [-0.39, 0.29) is 10.0 Å². The van der Waals surface area contributed by atoms with Crippen molar-refractivity contribution in [2.45, 2.75) is 18.4 Å². The van der Waals surface area contributed by atoms with E-state index in [1.807, 2.05) is 6.92 Å². The molecule has 2 aromatic rings. The van der Waals surface area contributed by atoms with Crippen molar-refractivity contribution in [2.24, 2.45) is 0 Å². The zero-order valence-electron chi connectivity index (χ0n) is 10.2. The van der Waals surface area contributed by atoms with Gasteiger partial charge in [0.1, 0.15) is 11.6 Å². The predicted octanol–water partition coefficient (Wildman–Crippen LogP) is 1.88. The average molecular weight is 299 g/mol. The molecule has 0 saturated heterocycles. The Morgan fingerprint density at radius 3 is 2.68 bits per heavy atom. The monoisotopic (exact) mass is 299 g/mol. The zero-order chi connectivity index (χ0) is 13.7. The Bertz CT molecular complexity index is 626. The van der Waals surface area contributed by atoms with E-state index in [1.54, 1.807) is 18.2 Å². The minimum Gasteiger partial charge on any atom is -0.374 e. The van der Waals surface area contributed by atoms with Gasteiger partial charge in [0.25, 0.3) is 10.0 Å². The van der Waals surface area contributed by atoms with Crippen molar-refractivity contribution in [1.82, 2.24) is 10.2 Å². The summed E-state index contributed by atoms with van der Waals surface area (Å²) in [5.74, 6) is 0. The maximum absolute atomic E-state index is 12.0. The maximum Gasteiger partial charge on any atom is 0.263 e. The van der Waals surface area contributed by atoms with Crippen LogP contribution >= 0.6 is 11.3 Å². The highest BCUT2D eigenvalue weighted by Gasteiger charge is 2.16. The molecule has 0 aliphatic rings. The molecule has 8 heteroatoms. The number of anilines is 1. The summed E-state index contributed by atoms with van der Waals surface area (Å²) in [5, 5.41) is 8.49. The molecule has 0 saturated carbocycles. The number of aromatic nitrogens is 2. The third-order valence-corrected chi connectivity index (χ3v) is 4.47. The highest BCUT2D eigenvalue weighted by Crippen LogP contribution is 2.20. The fraction of sp³-hybridized carbons (Fsp3) is 0.273. The lowest BCUT2D eigenvalue weighted by molar-refractivity contribution is 0.133. The number of ether oxygens (including phenoxy) is 1. The molecule has 1 aromatic heterocycles. The summed E-state index contributed by atoms with van der Waals surface area (Å²) in [5.41, 5.74) is 0. The second-order valence-electron chi connectivity index (χ2n) is 3.56. The number of hydrogen-bond acceptors (Lipinski definition) is 6. The van der Waals surface area contributed by atoms with Crippen LogP contribution in [0, 0.1) is 0 Å². The lowest BCUT2D eigenvalue weighted by Gasteiger charge is -2.03. The average Bonchev–Trinajstić information content (AvgIpc) is 2.84. The summed E-state index contributed by atoms with van der Waals surface area (Å²) in [6.07, 6.45) is 0. The summed E-state index contributed by atoms with van der Waals surface area (Å²) >= 11 is 1.16. The molecule has 0 unspecified atom stereocenters. The first-order valence-electron chi connectivity index (χ1n) is 5.60. The van der Waals surface area contributed by atoms with Crippen LogP contribution in [0.4, 0.5) is 5.13 Å². The van der Waals surface area contributed by atoms with Gasteiger partial charge in [-0.3, -0.25) is 4.72 Å². The summed E-state index contributed by atoms with van der Waals surface area (Å²) in [7, 11) is -3.60. The number of sulfonamides is 1. The highest BCUT2D eigenvalue weighted by atomic mass is 32.2. The third kappa shape index (κ3) is 3.72. The number of nitrogens with one attached hydrogen (secondary N) is 1. The molecular formula is C11H13N3O3S2. The van der Waals surface area contributed by atoms with Crippen LogP contribution in [0.25, 0.3) is 0 Å². The van der Waals surface area contributed by atoms with Crippen molar-refractivity contribution >= 4 is 26.5 Å². The van der Waals surface area contributed by atoms with Crippen molar-refractivity contribution in [3.8, 4) is 0 Å². The summed E-state index contributed by atoms with van der Waals surface area (Å²) in [6, 6.07) is 8.11. The van der Waals surface area contributed by atoms with Crippen molar-refractivity contribution in [1.29, 1.82) is 0 Å². The van der Waals surface area contributed by atoms with Crippen molar-refractivity contribution in [3.05, 3.63) is 35.3 Å². The van der Waals surface area contributed by atoms with E-state index >= 15 is 0 Å². The molecule has 0 amide bonds. The lowest BCUT2D eigenvalue weighted by atomic mass is 10.4. The molecular weight excluding hydrogens is 286 g/mol. The van der Waals surface area contributed by atoms with Crippen LogP contribution in [0.5, 0.6) is 0 Å². The number of hydrogen-bond donors (Lipinski definition) is 1. The summed E-state index contributed by atoms with van der Waals surface area (Å²) in [4.78, 5) is 0.191. The predicted molar refractivity (Wildman–Crippen MR) is 72.5 cm³/mol. The van der Waals surface area contributed by atoms with Gasteiger partial charge in [0, 0.05) is 6.61 Å². The molecule has 0 spiro atoms. The van der Waals surface area contributed by atoms with Gasteiger partial charge in [-0.2, -0.15) is 0 Å². The Hall–Kier alpha value is -1.51. The van der Waals surface area contributed by atoms with Crippen molar-refractivity contribution in [3.63, 3.8) is 0 Å². The van der Waals surface area contributed by atoms with Crippen LogP contribution in [0.1, 0.15) is 11.9 Å². The van der Waals surface area contributed by atoms with E-state index in [0.29, 0.717) is 18.2 Å². The molecule has 0 aliphatic heterocycles. The van der Waals surface area contributed by atoms with E-state index in [2.05, 4.69) is 14.9 Å². The second-order valence-corrected chi connectivity index (χ2v) is 6.30. The molecule has 19 heavy (non-hydrogen) atoms. The van der Waals surface area contributed by atoms with Crippen LogP contribution in [-0.4, -0.2) is 25.2 Å². The van der Waals surface area contributed by atoms with E-state index in [1.165, 1.54) is 12.1 Å². The first kappa shape index (κ1) is 13.9. The minimum atomic E-state index is -3.60. The van der Waals surface area contributed by atoms with E-state index in [4.69, 9.17) is 4.74 Å². The quantitative estimate of drug-likeness (QED) is 0.880. The normalized spacial score (nSPS) is 11.4. The van der Waals surface area contributed by atoms with Gasteiger partial charge in [-0.25, -0.2) is 8.42 Å². The molecule has 6 nitrogen and oxygen atoms in total. The molecule has 0 aliphatic carbocycles. The Morgan fingerprint density at radius 1 is 1.26 bits per heavy atom. The fourth-order valence-electron chi connectivity index (χ4n) is 1.32. The van der Waals surface area contributed by atoms with Crippen molar-refractivity contribution in [2.75, 3.05) is 11.3 Å². The van der Waals surface area contributed by atoms with Gasteiger partial charge in [0.05, 0.1) is 4.90 Å². The smallest absolute Gasteiger partial charge is 0.263 e. The van der Waals surface area contributed by atoms with Crippen LogP contribution < -0.4 is 4.72 Å². The zero-order valence-corrected chi connectivity index (χ0v) is 11.9. The van der Waals surface area contributed by atoms with Gasteiger partial charge in [0.2, 0.25) is 5.13 Å². The van der Waals surface area contributed by atoms with Crippen molar-refractivity contribution < 1.29 is 13.2 Å². The van der Waals surface area contributed by atoms with Gasteiger partial charge in [-0.1, -0.05) is 29.5 Å². The molecule has 0 atom stereocenters. The molecule has 0 fully saturated rings. The third-order valence-electron chi connectivity index (χ3n) is 2.17. The fourth-order valence-corrected chi connectivity index (χ4v) is 3.24. The first-order valence-corrected chi connectivity index (χ1v) is 7.90. The minimum absolute atomic E-state index is 0.191. The number of rotatable bonds is 6. The van der Waals surface area contributed by atoms with Gasteiger partial charge >= 0.3 is 0 Å². The van der Waals surface area contributed by atoms with Gasteiger partial charge in [-0.05, 0) is 19.1 Å². The van der Waals surface area contributed by atoms with E-state index < -0.39 is 10.0 Å². The molecule has 1 heterocycles. The SMILES string of the molecule is CCOCc1nnc(NS(=O)(=O)c2ccccc2)s1. The Labute approximate surface area is 115 Å². The van der Waals surface area contributed by atoms with E-state index in [0.717, 1.165) is 11.3 Å². The van der Waals surface area contributed by atoms with Gasteiger partial charge < -0.3 is 4.74 Å². The first-order chi connectivity index (χ1) is 9.12. The molecule has 102 valence electrons. The van der Waals surface area contributed by atoms with Crippen LogP contribution in [-0.2, 0) is 21.4 Å². The van der Waals surface area contributed by atoms with Crippen LogP contribution in [0.15, 0.2) is 35.2 Å². The van der Waals surface area contributed by atoms with E-state index in [9.17, 15) is 8.42 Å². The molecule has 1 aromatic carbocycles. The molecule has 0 bridgehead atoms. The van der Waals surface area contributed by atoms with Gasteiger partial charge in [0.15, 0.2) is 0 Å². The van der Waals surface area contributed by atoms with Gasteiger partial charge in [-0.15, -0.1) is 10.2 Å². The van der Waals surface area contributed by atoms with Crippen LogP contribution in [0.3, 0.4) is 0 Å². The highest BCUT2D eigenvalue weighted by molar-refractivity contribution is 7.93. The second kappa shape index (κ2) is 6.09. The topological polar surface area (TPSA) is 81.2 Å². The standard InChI is InChI=1S/C11H13N3O3S2/c1-2-17-8-10-12-13-11(18-10)14-19(15,16)9-6-4-3-5-7-9/h3-7H,2,8H2,1H3,(H,13,14). The molecule has 1 N–H and O–H groups in total. The maximum atomic E-state index is 12.0. The molecule has 2 rings (SSSR count). The number of nitrogens with zero attached hydrogens (tertiary/aromatic N) is 2. The summed E-state index contributed by atoms with van der Waals surface area (Å²) in [6.45, 7) is 2.78. The largest absolute Gasteiger partial charge is 0.374 e. The molecule has 0 radical (unpaired) electrons. The Balaban J connectivity index is 2.10. The Kier molecular flexibility index (Phi) is 4.46.